The number of likely N-dealkylation sites (tertiary alicyclic amines) is 1. The van der Waals surface area contributed by atoms with Crippen molar-refractivity contribution in [2.75, 3.05) is 19.6 Å². The summed E-state index contributed by atoms with van der Waals surface area (Å²) in [7, 11) is 0. The summed E-state index contributed by atoms with van der Waals surface area (Å²) in [5.41, 5.74) is 0. The Kier molecular flexibility index (Phi) is 3.85. The van der Waals surface area contributed by atoms with Crippen LogP contribution in [0.15, 0.2) is 0 Å². The van der Waals surface area contributed by atoms with Crippen molar-refractivity contribution in [3.05, 3.63) is 0 Å². The Balaban J connectivity index is 1.90. The molecule has 0 aromatic rings. The highest BCUT2D eigenvalue weighted by molar-refractivity contribution is 5.79. The largest absolute Gasteiger partial charge is 0.342 e. The monoisotopic (exact) mass is 224 g/mol. The highest BCUT2D eigenvalue weighted by Gasteiger charge is 2.32. The fraction of sp³-hybridized carbons (Fsp3) is 0.923. The maximum atomic E-state index is 12.4. The highest BCUT2D eigenvalue weighted by atomic mass is 16.2. The van der Waals surface area contributed by atoms with Crippen molar-refractivity contribution in [1.29, 1.82) is 0 Å². The van der Waals surface area contributed by atoms with Crippen LogP contribution in [0.4, 0.5) is 0 Å². The van der Waals surface area contributed by atoms with E-state index in [0.29, 0.717) is 11.9 Å². The first-order valence-electron chi connectivity index (χ1n) is 6.70. The van der Waals surface area contributed by atoms with E-state index in [0.717, 1.165) is 38.4 Å². The minimum atomic E-state index is 0.224. The van der Waals surface area contributed by atoms with E-state index in [1.54, 1.807) is 0 Å². The van der Waals surface area contributed by atoms with E-state index in [1.807, 2.05) is 0 Å². The molecule has 3 heteroatoms. The van der Waals surface area contributed by atoms with Gasteiger partial charge in [0.05, 0.1) is 5.92 Å². The maximum Gasteiger partial charge on any atom is 0.227 e. The molecule has 0 bridgehead atoms. The number of hydrogen-bond donors (Lipinski definition) is 1. The molecule has 2 saturated heterocycles. The summed E-state index contributed by atoms with van der Waals surface area (Å²) in [6.07, 6.45) is 4.57. The number of carbonyl (C=O) groups is 1. The molecule has 2 atom stereocenters. The Bertz CT molecular complexity index is 246. The van der Waals surface area contributed by atoms with Crippen molar-refractivity contribution in [1.82, 2.24) is 10.2 Å². The van der Waals surface area contributed by atoms with Gasteiger partial charge >= 0.3 is 0 Å². The lowest BCUT2D eigenvalue weighted by Gasteiger charge is -2.36. The summed E-state index contributed by atoms with van der Waals surface area (Å²) in [5.74, 6) is 1.42. The second-order valence-corrected chi connectivity index (χ2v) is 5.50. The van der Waals surface area contributed by atoms with Crippen LogP contribution in [0.5, 0.6) is 0 Å². The van der Waals surface area contributed by atoms with E-state index in [2.05, 4.69) is 24.1 Å². The van der Waals surface area contributed by atoms with Crippen LogP contribution in [0.25, 0.3) is 0 Å². The topological polar surface area (TPSA) is 32.3 Å². The zero-order chi connectivity index (χ0) is 11.5. The fourth-order valence-corrected chi connectivity index (χ4v) is 2.84. The predicted octanol–water partition coefficient (Wildman–Crippen LogP) is 1.63. The van der Waals surface area contributed by atoms with E-state index in [-0.39, 0.29) is 5.92 Å². The van der Waals surface area contributed by atoms with Gasteiger partial charge < -0.3 is 10.2 Å². The third kappa shape index (κ3) is 2.57. The van der Waals surface area contributed by atoms with Crippen LogP contribution in [0.3, 0.4) is 0 Å². The molecule has 2 rings (SSSR count). The zero-order valence-corrected chi connectivity index (χ0v) is 10.5. The third-order valence-electron chi connectivity index (χ3n) is 4.17. The van der Waals surface area contributed by atoms with Crippen molar-refractivity contribution in [3.63, 3.8) is 0 Å². The molecule has 3 nitrogen and oxygen atoms in total. The maximum absolute atomic E-state index is 12.4. The van der Waals surface area contributed by atoms with Crippen LogP contribution in [-0.4, -0.2) is 36.5 Å². The normalized spacial score (nSPS) is 32.8. The average Bonchev–Trinajstić information content (AvgIpc) is 2.30. The van der Waals surface area contributed by atoms with Crippen LogP contribution in [-0.2, 0) is 4.79 Å². The van der Waals surface area contributed by atoms with Gasteiger partial charge in [0.15, 0.2) is 0 Å². The van der Waals surface area contributed by atoms with Gasteiger partial charge in [-0.3, -0.25) is 4.79 Å². The van der Waals surface area contributed by atoms with Gasteiger partial charge in [0.1, 0.15) is 0 Å². The molecule has 1 N–H and O–H groups in total. The lowest BCUT2D eigenvalue weighted by molar-refractivity contribution is -0.138. The molecule has 0 radical (unpaired) electrons. The van der Waals surface area contributed by atoms with Crippen LogP contribution < -0.4 is 5.32 Å². The quantitative estimate of drug-likeness (QED) is 0.734. The molecule has 0 saturated carbocycles. The van der Waals surface area contributed by atoms with Crippen LogP contribution >= 0.6 is 0 Å². The van der Waals surface area contributed by atoms with Crippen molar-refractivity contribution in [2.45, 2.75) is 45.6 Å². The molecule has 92 valence electrons. The Morgan fingerprint density at radius 3 is 2.50 bits per heavy atom. The SMILES string of the molecule is CC1CCN(C(=O)C2CCCNC2C)CC1. The van der Waals surface area contributed by atoms with E-state index in [1.165, 1.54) is 12.8 Å². The van der Waals surface area contributed by atoms with Gasteiger partial charge in [0, 0.05) is 19.1 Å². The average molecular weight is 224 g/mol. The van der Waals surface area contributed by atoms with Gasteiger partial charge in [-0.05, 0) is 45.1 Å². The first kappa shape index (κ1) is 11.9. The Hall–Kier alpha value is -0.570. The van der Waals surface area contributed by atoms with Crippen LogP contribution in [0.1, 0.15) is 39.5 Å². The number of carbonyl (C=O) groups excluding carboxylic acids is 1. The van der Waals surface area contributed by atoms with Crippen molar-refractivity contribution < 1.29 is 4.79 Å². The summed E-state index contributed by atoms with van der Waals surface area (Å²) in [6.45, 7) is 7.45. The Labute approximate surface area is 98.6 Å². The molecular formula is C13H24N2O. The number of piperidine rings is 2. The van der Waals surface area contributed by atoms with E-state index in [4.69, 9.17) is 0 Å². The first-order chi connectivity index (χ1) is 7.68. The number of amides is 1. The molecule has 1 amide bonds. The summed E-state index contributed by atoms with van der Waals surface area (Å²) < 4.78 is 0. The summed E-state index contributed by atoms with van der Waals surface area (Å²) in [5, 5.41) is 3.41. The number of nitrogens with zero attached hydrogens (tertiary/aromatic N) is 1. The zero-order valence-electron chi connectivity index (χ0n) is 10.5. The fourth-order valence-electron chi connectivity index (χ4n) is 2.84. The van der Waals surface area contributed by atoms with Gasteiger partial charge in [-0.2, -0.15) is 0 Å². The van der Waals surface area contributed by atoms with Gasteiger partial charge in [-0.1, -0.05) is 6.92 Å². The number of hydrogen-bond acceptors (Lipinski definition) is 2. The number of nitrogens with one attached hydrogen (secondary N) is 1. The summed E-state index contributed by atoms with van der Waals surface area (Å²) in [6, 6.07) is 0.362. The van der Waals surface area contributed by atoms with Crippen molar-refractivity contribution >= 4 is 5.91 Å². The van der Waals surface area contributed by atoms with Crippen LogP contribution in [0, 0.1) is 11.8 Å². The van der Waals surface area contributed by atoms with Crippen LogP contribution in [0.2, 0.25) is 0 Å². The standard InChI is InChI=1S/C13H24N2O/c1-10-5-8-15(9-6-10)13(16)12-4-3-7-14-11(12)2/h10-12,14H,3-9H2,1-2H3. The second-order valence-electron chi connectivity index (χ2n) is 5.50. The summed E-state index contributed by atoms with van der Waals surface area (Å²) in [4.78, 5) is 14.4. The molecule has 0 aliphatic carbocycles. The third-order valence-corrected chi connectivity index (χ3v) is 4.17. The lowest BCUT2D eigenvalue weighted by atomic mass is 9.89. The second kappa shape index (κ2) is 5.17. The van der Waals surface area contributed by atoms with Gasteiger partial charge in [-0.25, -0.2) is 0 Å². The van der Waals surface area contributed by atoms with Crippen molar-refractivity contribution in [2.24, 2.45) is 11.8 Å². The molecule has 2 aliphatic rings. The number of rotatable bonds is 1. The predicted molar refractivity (Wildman–Crippen MR) is 65.2 cm³/mol. The minimum Gasteiger partial charge on any atom is -0.342 e. The molecule has 2 aliphatic heterocycles. The Morgan fingerprint density at radius 2 is 1.88 bits per heavy atom. The Morgan fingerprint density at radius 1 is 1.19 bits per heavy atom. The molecule has 0 aromatic heterocycles. The minimum absolute atomic E-state index is 0.224. The summed E-state index contributed by atoms with van der Waals surface area (Å²) >= 11 is 0. The van der Waals surface area contributed by atoms with Gasteiger partial charge in [-0.15, -0.1) is 0 Å². The molecule has 0 aromatic carbocycles. The highest BCUT2D eigenvalue weighted by Crippen LogP contribution is 2.23. The lowest BCUT2D eigenvalue weighted by Crippen LogP contribution is -2.49. The molecule has 16 heavy (non-hydrogen) atoms. The smallest absolute Gasteiger partial charge is 0.227 e. The van der Waals surface area contributed by atoms with E-state index in [9.17, 15) is 4.79 Å². The van der Waals surface area contributed by atoms with E-state index < -0.39 is 0 Å². The first-order valence-corrected chi connectivity index (χ1v) is 6.70. The molecule has 2 heterocycles. The van der Waals surface area contributed by atoms with Gasteiger partial charge in [0.25, 0.3) is 0 Å². The van der Waals surface area contributed by atoms with Crippen molar-refractivity contribution in [3.8, 4) is 0 Å². The molecular weight excluding hydrogens is 200 g/mol. The molecule has 0 spiro atoms. The molecule has 2 unspecified atom stereocenters. The van der Waals surface area contributed by atoms with Gasteiger partial charge in [0.2, 0.25) is 5.91 Å². The van der Waals surface area contributed by atoms with E-state index >= 15 is 0 Å². The molecule has 2 fully saturated rings.